The number of carboxylic acid groups (broad SMARTS) is 1. The molecule has 0 aliphatic heterocycles. The lowest BCUT2D eigenvalue weighted by atomic mass is 10.1. The third-order valence-corrected chi connectivity index (χ3v) is 2.95. The Morgan fingerprint density at radius 1 is 1.40 bits per heavy atom. The summed E-state index contributed by atoms with van der Waals surface area (Å²) < 4.78 is 1.53. The molecule has 1 aromatic heterocycles. The van der Waals surface area contributed by atoms with Crippen LogP contribution in [0.4, 0.5) is 5.69 Å². The number of hydrogen-bond donors (Lipinski definition) is 2. The Morgan fingerprint density at radius 2 is 2.20 bits per heavy atom. The van der Waals surface area contributed by atoms with Gasteiger partial charge in [0.1, 0.15) is 0 Å². The van der Waals surface area contributed by atoms with E-state index in [4.69, 9.17) is 5.11 Å². The maximum absolute atomic E-state index is 10.7. The van der Waals surface area contributed by atoms with Gasteiger partial charge in [-0.25, -0.2) is 9.48 Å². The summed E-state index contributed by atoms with van der Waals surface area (Å²) in [5.41, 5.74) is 2.38. The summed E-state index contributed by atoms with van der Waals surface area (Å²) in [6.45, 7) is 3.39. The molecule has 0 amide bonds. The number of aromatic carboxylic acids is 1. The molecule has 0 bridgehead atoms. The van der Waals surface area contributed by atoms with Gasteiger partial charge < -0.3 is 10.4 Å². The number of aryl methyl sites for hydroxylation is 1. The van der Waals surface area contributed by atoms with Gasteiger partial charge in [-0.05, 0) is 18.1 Å². The van der Waals surface area contributed by atoms with Crippen LogP contribution in [-0.2, 0) is 13.0 Å². The minimum atomic E-state index is -1.06. The molecule has 0 fully saturated rings. The zero-order chi connectivity index (χ0) is 14.4. The van der Waals surface area contributed by atoms with Crippen LogP contribution in [0.5, 0.6) is 0 Å². The predicted molar refractivity (Wildman–Crippen MR) is 75.9 cm³/mol. The first-order valence-corrected chi connectivity index (χ1v) is 6.66. The highest BCUT2D eigenvalue weighted by atomic mass is 16.4. The molecule has 1 heterocycles. The largest absolute Gasteiger partial charge is 0.476 e. The smallest absolute Gasteiger partial charge is 0.358 e. The fourth-order valence-corrected chi connectivity index (χ4v) is 1.99. The Balaban J connectivity index is 1.90. The zero-order valence-corrected chi connectivity index (χ0v) is 11.4. The van der Waals surface area contributed by atoms with Crippen molar-refractivity contribution in [2.45, 2.75) is 26.3 Å². The lowest BCUT2D eigenvalue weighted by molar-refractivity contribution is 0.0690. The second-order valence-corrected chi connectivity index (χ2v) is 4.51. The average Bonchev–Trinajstić information content (AvgIpc) is 2.90. The predicted octanol–water partition coefficient (Wildman–Crippen LogP) is 2.04. The molecule has 0 unspecified atom stereocenters. The first-order valence-electron chi connectivity index (χ1n) is 6.66. The van der Waals surface area contributed by atoms with E-state index in [1.807, 2.05) is 12.1 Å². The van der Waals surface area contributed by atoms with Gasteiger partial charge in [0.2, 0.25) is 0 Å². The molecule has 2 N–H and O–H groups in total. The van der Waals surface area contributed by atoms with Gasteiger partial charge in [-0.2, -0.15) is 0 Å². The van der Waals surface area contributed by atoms with Crippen molar-refractivity contribution in [3.05, 3.63) is 41.7 Å². The van der Waals surface area contributed by atoms with Gasteiger partial charge in [0, 0.05) is 12.2 Å². The Hall–Kier alpha value is -2.37. The number of benzene rings is 1. The topological polar surface area (TPSA) is 80.0 Å². The van der Waals surface area contributed by atoms with E-state index in [9.17, 15) is 4.79 Å². The molecule has 0 spiro atoms. The molecule has 106 valence electrons. The van der Waals surface area contributed by atoms with Crippen LogP contribution < -0.4 is 5.32 Å². The minimum Gasteiger partial charge on any atom is -0.476 e. The second kappa shape index (κ2) is 6.70. The van der Waals surface area contributed by atoms with Gasteiger partial charge >= 0.3 is 5.97 Å². The molecule has 1 aromatic carbocycles. The third kappa shape index (κ3) is 3.57. The van der Waals surface area contributed by atoms with E-state index in [1.165, 1.54) is 16.4 Å². The Bertz CT molecular complexity index is 580. The molecule has 0 aliphatic rings. The first kappa shape index (κ1) is 14.0. The van der Waals surface area contributed by atoms with Crippen molar-refractivity contribution in [1.82, 2.24) is 15.0 Å². The normalized spacial score (nSPS) is 10.4. The summed E-state index contributed by atoms with van der Waals surface area (Å²) in [5.74, 6) is -1.06. The van der Waals surface area contributed by atoms with E-state index in [2.05, 4.69) is 34.7 Å². The number of hydrogen-bond acceptors (Lipinski definition) is 4. The Kier molecular flexibility index (Phi) is 4.70. The van der Waals surface area contributed by atoms with Crippen LogP contribution in [0.25, 0.3) is 0 Å². The fraction of sp³-hybridized carbons (Fsp3) is 0.357. The maximum Gasteiger partial charge on any atom is 0.358 e. The lowest BCUT2D eigenvalue weighted by Gasteiger charge is -2.11. The number of carbonyl (C=O) groups is 1. The van der Waals surface area contributed by atoms with Gasteiger partial charge in [0.15, 0.2) is 5.69 Å². The van der Waals surface area contributed by atoms with E-state index < -0.39 is 5.97 Å². The third-order valence-electron chi connectivity index (χ3n) is 2.95. The van der Waals surface area contributed by atoms with Gasteiger partial charge in [0.05, 0.1) is 12.7 Å². The molecule has 0 saturated carbocycles. The number of rotatable bonds is 7. The number of anilines is 1. The average molecular weight is 274 g/mol. The Labute approximate surface area is 117 Å². The van der Waals surface area contributed by atoms with Crippen molar-refractivity contribution in [1.29, 1.82) is 0 Å². The van der Waals surface area contributed by atoms with Crippen molar-refractivity contribution in [3.63, 3.8) is 0 Å². The fourth-order valence-electron chi connectivity index (χ4n) is 1.99. The molecule has 0 radical (unpaired) electrons. The summed E-state index contributed by atoms with van der Waals surface area (Å²) in [4.78, 5) is 10.7. The number of para-hydroxylation sites is 1. The summed E-state index contributed by atoms with van der Waals surface area (Å²) in [5, 5.41) is 19.5. The van der Waals surface area contributed by atoms with Crippen LogP contribution in [0.1, 0.15) is 29.4 Å². The summed E-state index contributed by atoms with van der Waals surface area (Å²) in [6, 6.07) is 8.20. The van der Waals surface area contributed by atoms with Crippen LogP contribution >= 0.6 is 0 Å². The van der Waals surface area contributed by atoms with E-state index in [1.54, 1.807) is 0 Å². The molecular weight excluding hydrogens is 256 g/mol. The molecular formula is C14H18N4O2. The van der Waals surface area contributed by atoms with Crippen LogP contribution in [0.3, 0.4) is 0 Å². The second-order valence-electron chi connectivity index (χ2n) is 4.51. The van der Waals surface area contributed by atoms with Gasteiger partial charge in [0.25, 0.3) is 0 Å². The number of nitrogens with one attached hydrogen (secondary N) is 1. The highest BCUT2D eigenvalue weighted by Gasteiger charge is 2.07. The van der Waals surface area contributed by atoms with Gasteiger partial charge in [-0.3, -0.25) is 0 Å². The lowest BCUT2D eigenvalue weighted by Crippen LogP contribution is -2.12. The van der Waals surface area contributed by atoms with Crippen molar-refractivity contribution >= 4 is 11.7 Å². The highest BCUT2D eigenvalue weighted by molar-refractivity contribution is 5.84. The van der Waals surface area contributed by atoms with Crippen molar-refractivity contribution in [2.75, 3.05) is 11.9 Å². The molecule has 0 aliphatic carbocycles. The summed E-state index contributed by atoms with van der Waals surface area (Å²) in [6.07, 6.45) is 3.57. The highest BCUT2D eigenvalue weighted by Crippen LogP contribution is 2.16. The molecule has 6 heteroatoms. The van der Waals surface area contributed by atoms with Crippen molar-refractivity contribution < 1.29 is 9.90 Å². The van der Waals surface area contributed by atoms with Crippen molar-refractivity contribution in [3.8, 4) is 0 Å². The molecule has 0 saturated heterocycles. The standard InChI is InChI=1S/C14H18N4O2/c1-2-5-11-6-3-4-7-12(11)15-8-9-18-10-13(14(19)20)16-17-18/h3-4,6-7,10,15H,2,5,8-9H2,1H3,(H,19,20). The van der Waals surface area contributed by atoms with E-state index in [-0.39, 0.29) is 5.69 Å². The molecule has 20 heavy (non-hydrogen) atoms. The Morgan fingerprint density at radius 3 is 2.90 bits per heavy atom. The van der Waals surface area contributed by atoms with Gasteiger partial charge in [-0.15, -0.1) is 5.10 Å². The number of aromatic nitrogens is 3. The van der Waals surface area contributed by atoms with E-state index >= 15 is 0 Å². The molecule has 0 atom stereocenters. The first-order chi connectivity index (χ1) is 9.70. The van der Waals surface area contributed by atoms with Crippen LogP contribution in [0.15, 0.2) is 30.5 Å². The van der Waals surface area contributed by atoms with Crippen LogP contribution in [-0.4, -0.2) is 32.6 Å². The summed E-state index contributed by atoms with van der Waals surface area (Å²) >= 11 is 0. The van der Waals surface area contributed by atoms with Crippen LogP contribution in [0, 0.1) is 0 Å². The quantitative estimate of drug-likeness (QED) is 0.807. The monoisotopic (exact) mass is 274 g/mol. The molecule has 2 aromatic rings. The van der Waals surface area contributed by atoms with Crippen molar-refractivity contribution in [2.24, 2.45) is 0 Å². The number of nitrogens with zero attached hydrogens (tertiary/aromatic N) is 3. The maximum atomic E-state index is 10.7. The van der Waals surface area contributed by atoms with E-state index in [0.717, 1.165) is 18.5 Å². The molecule has 2 rings (SSSR count). The minimum absolute atomic E-state index is 0.0311. The SMILES string of the molecule is CCCc1ccccc1NCCn1cc(C(=O)O)nn1. The molecule has 6 nitrogen and oxygen atoms in total. The van der Waals surface area contributed by atoms with E-state index in [0.29, 0.717) is 13.1 Å². The van der Waals surface area contributed by atoms with Gasteiger partial charge in [-0.1, -0.05) is 36.8 Å². The zero-order valence-electron chi connectivity index (χ0n) is 11.4. The van der Waals surface area contributed by atoms with Crippen LogP contribution in [0.2, 0.25) is 0 Å². The number of carboxylic acids is 1. The summed E-state index contributed by atoms with van der Waals surface area (Å²) in [7, 11) is 0.